The van der Waals surface area contributed by atoms with E-state index in [-0.39, 0.29) is 22.9 Å². The predicted octanol–water partition coefficient (Wildman–Crippen LogP) is 3.24. The molecule has 3 N–H and O–H groups in total. The van der Waals surface area contributed by atoms with Crippen molar-refractivity contribution in [1.82, 2.24) is 10.6 Å². The summed E-state index contributed by atoms with van der Waals surface area (Å²) in [6.07, 6.45) is 2.49. The average Bonchev–Trinajstić information content (AvgIpc) is 2.45. The molecule has 1 fully saturated rings. The lowest BCUT2D eigenvalue weighted by molar-refractivity contribution is -0.117. The van der Waals surface area contributed by atoms with Gasteiger partial charge in [0.25, 0.3) is 5.91 Å². The van der Waals surface area contributed by atoms with Gasteiger partial charge in [-0.2, -0.15) is 0 Å². The van der Waals surface area contributed by atoms with Crippen molar-refractivity contribution in [3.05, 3.63) is 29.3 Å². The van der Waals surface area contributed by atoms with Gasteiger partial charge in [-0.3, -0.25) is 9.59 Å². The van der Waals surface area contributed by atoms with Crippen LogP contribution in [0.5, 0.6) is 0 Å². The van der Waals surface area contributed by atoms with Gasteiger partial charge in [-0.1, -0.05) is 0 Å². The van der Waals surface area contributed by atoms with Gasteiger partial charge < -0.3 is 16.0 Å². The minimum Gasteiger partial charge on any atom is -0.355 e. The third-order valence-corrected chi connectivity index (χ3v) is 4.74. The zero-order valence-corrected chi connectivity index (χ0v) is 16.2. The van der Waals surface area contributed by atoms with Crippen LogP contribution in [0, 0.1) is 12.8 Å². The number of benzene rings is 1. The summed E-state index contributed by atoms with van der Waals surface area (Å²) in [5.74, 6) is 0.270. The summed E-state index contributed by atoms with van der Waals surface area (Å²) in [7, 11) is 1.61. The van der Waals surface area contributed by atoms with E-state index in [1.54, 1.807) is 25.2 Å². The summed E-state index contributed by atoms with van der Waals surface area (Å²) in [6, 6.07) is 5.33. The molecule has 2 rings (SSSR count). The van der Waals surface area contributed by atoms with E-state index in [0.29, 0.717) is 17.9 Å². The minimum atomic E-state index is -0.125. The largest absolute Gasteiger partial charge is 0.355 e. The standard InChI is InChI=1S/C20H31N3O2/c1-13-9-15(18(25)21-6)7-8-16(13)22-17(24)10-14-11-19(2,3)23-20(4,5)12-14/h7-9,14,23H,10-12H2,1-6H3,(H,21,25)(H,22,24). The quantitative estimate of drug-likeness (QED) is 0.784. The molecule has 1 aromatic carbocycles. The lowest BCUT2D eigenvalue weighted by atomic mass is 9.74. The van der Waals surface area contributed by atoms with E-state index < -0.39 is 0 Å². The van der Waals surface area contributed by atoms with E-state index in [2.05, 4.69) is 43.6 Å². The first-order chi connectivity index (χ1) is 11.5. The molecule has 1 saturated heterocycles. The maximum absolute atomic E-state index is 12.5. The van der Waals surface area contributed by atoms with Crippen LogP contribution in [0.25, 0.3) is 0 Å². The number of carbonyl (C=O) groups excluding carboxylic acids is 2. The number of aryl methyl sites for hydroxylation is 1. The molecule has 1 aliphatic heterocycles. The van der Waals surface area contributed by atoms with E-state index in [4.69, 9.17) is 0 Å². The second kappa shape index (κ2) is 7.16. The Morgan fingerprint density at radius 2 is 1.76 bits per heavy atom. The Labute approximate surface area is 151 Å². The number of piperidine rings is 1. The van der Waals surface area contributed by atoms with Gasteiger partial charge in [0.2, 0.25) is 5.91 Å². The van der Waals surface area contributed by atoms with Crippen LogP contribution in [0.2, 0.25) is 0 Å². The molecule has 138 valence electrons. The van der Waals surface area contributed by atoms with Gasteiger partial charge in [-0.25, -0.2) is 0 Å². The van der Waals surface area contributed by atoms with Gasteiger partial charge in [0.05, 0.1) is 0 Å². The van der Waals surface area contributed by atoms with Crippen molar-refractivity contribution in [3.8, 4) is 0 Å². The SMILES string of the molecule is CNC(=O)c1ccc(NC(=O)CC2CC(C)(C)NC(C)(C)C2)c(C)c1. The molecular weight excluding hydrogens is 314 g/mol. The summed E-state index contributed by atoms with van der Waals surface area (Å²) in [5.41, 5.74) is 2.33. The topological polar surface area (TPSA) is 70.2 Å². The number of hydrogen-bond donors (Lipinski definition) is 3. The van der Waals surface area contributed by atoms with Gasteiger partial charge in [0, 0.05) is 35.8 Å². The lowest BCUT2D eigenvalue weighted by Crippen LogP contribution is -2.58. The van der Waals surface area contributed by atoms with E-state index >= 15 is 0 Å². The molecule has 0 spiro atoms. The molecule has 5 nitrogen and oxygen atoms in total. The van der Waals surface area contributed by atoms with Crippen molar-refractivity contribution in [2.45, 2.75) is 65.0 Å². The summed E-state index contributed by atoms with van der Waals surface area (Å²) < 4.78 is 0. The molecular formula is C20H31N3O2. The summed E-state index contributed by atoms with van der Waals surface area (Å²) in [5, 5.41) is 9.26. The van der Waals surface area contributed by atoms with E-state index in [9.17, 15) is 9.59 Å². The highest BCUT2D eigenvalue weighted by atomic mass is 16.2. The van der Waals surface area contributed by atoms with Gasteiger partial charge >= 0.3 is 0 Å². The van der Waals surface area contributed by atoms with Crippen molar-refractivity contribution in [1.29, 1.82) is 0 Å². The van der Waals surface area contributed by atoms with Crippen LogP contribution in [0.15, 0.2) is 18.2 Å². The molecule has 0 saturated carbocycles. The number of hydrogen-bond acceptors (Lipinski definition) is 3. The number of nitrogens with one attached hydrogen (secondary N) is 3. The van der Waals surface area contributed by atoms with Crippen LogP contribution in [0.4, 0.5) is 5.69 Å². The Morgan fingerprint density at radius 3 is 2.28 bits per heavy atom. The van der Waals surface area contributed by atoms with Crippen LogP contribution in [0.1, 0.15) is 62.9 Å². The second-order valence-electron chi connectivity index (χ2n) is 8.53. The molecule has 0 aliphatic carbocycles. The van der Waals surface area contributed by atoms with Gasteiger partial charge in [0.15, 0.2) is 0 Å². The molecule has 2 amide bonds. The molecule has 0 atom stereocenters. The molecule has 1 heterocycles. The van der Waals surface area contributed by atoms with Crippen molar-refractivity contribution >= 4 is 17.5 Å². The van der Waals surface area contributed by atoms with Crippen molar-refractivity contribution < 1.29 is 9.59 Å². The second-order valence-corrected chi connectivity index (χ2v) is 8.53. The zero-order chi connectivity index (χ0) is 18.8. The first-order valence-corrected chi connectivity index (χ1v) is 8.93. The average molecular weight is 345 g/mol. The third-order valence-electron chi connectivity index (χ3n) is 4.74. The predicted molar refractivity (Wildman–Crippen MR) is 102 cm³/mol. The highest BCUT2D eigenvalue weighted by Gasteiger charge is 2.38. The molecule has 0 unspecified atom stereocenters. The lowest BCUT2D eigenvalue weighted by Gasteiger charge is -2.46. The molecule has 0 bridgehead atoms. The van der Waals surface area contributed by atoms with E-state index in [1.165, 1.54) is 0 Å². The van der Waals surface area contributed by atoms with Gasteiger partial charge in [0.1, 0.15) is 0 Å². The molecule has 0 radical (unpaired) electrons. The number of amides is 2. The Hall–Kier alpha value is -1.88. The maximum Gasteiger partial charge on any atom is 0.251 e. The van der Waals surface area contributed by atoms with Crippen molar-refractivity contribution in [3.63, 3.8) is 0 Å². The third kappa shape index (κ3) is 5.30. The number of rotatable bonds is 4. The highest BCUT2D eigenvalue weighted by molar-refractivity contribution is 5.96. The molecule has 25 heavy (non-hydrogen) atoms. The number of anilines is 1. The van der Waals surface area contributed by atoms with Crippen LogP contribution < -0.4 is 16.0 Å². The first kappa shape index (κ1) is 19.4. The Morgan fingerprint density at radius 1 is 1.16 bits per heavy atom. The number of carbonyl (C=O) groups is 2. The van der Waals surface area contributed by atoms with Crippen LogP contribution in [-0.2, 0) is 4.79 Å². The smallest absolute Gasteiger partial charge is 0.251 e. The van der Waals surface area contributed by atoms with Gasteiger partial charge in [-0.05, 0) is 77.1 Å². The normalized spacial score (nSPS) is 19.3. The molecule has 1 aromatic rings. The summed E-state index contributed by atoms with van der Waals surface area (Å²) >= 11 is 0. The van der Waals surface area contributed by atoms with Crippen molar-refractivity contribution in [2.75, 3.05) is 12.4 Å². The first-order valence-electron chi connectivity index (χ1n) is 8.93. The Bertz CT molecular complexity index is 649. The monoisotopic (exact) mass is 345 g/mol. The Kier molecular flexibility index (Phi) is 5.57. The van der Waals surface area contributed by atoms with Crippen LogP contribution >= 0.6 is 0 Å². The fourth-order valence-electron chi connectivity index (χ4n) is 4.23. The Balaban J connectivity index is 2.02. The van der Waals surface area contributed by atoms with Crippen LogP contribution in [0.3, 0.4) is 0 Å². The molecule has 1 aliphatic rings. The van der Waals surface area contributed by atoms with Gasteiger partial charge in [-0.15, -0.1) is 0 Å². The fourth-order valence-corrected chi connectivity index (χ4v) is 4.23. The van der Waals surface area contributed by atoms with Crippen LogP contribution in [-0.4, -0.2) is 29.9 Å². The zero-order valence-electron chi connectivity index (χ0n) is 16.2. The van der Waals surface area contributed by atoms with Crippen molar-refractivity contribution in [2.24, 2.45) is 5.92 Å². The highest BCUT2D eigenvalue weighted by Crippen LogP contribution is 2.34. The van der Waals surface area contributed by atoms with E-state index in [1.807, 2.05) is 6.92 Å². The maximum atomic E-state index is 12.5. The minimum absolute atomic E-state index is 0.0364. The fraction of sp³-hybridized carbons (Fsp3) is 0.600. The molecule has 5 heteroatoms. The van der Waals surface area contributed by atoms with E-state index in [0.717, 1.165) is 24.1 Å². The molecule has 0 aromatic heterocycles. The summed E-state index contributed by atoms with van der Waals surface area (Å²) in [6.45, 7) is 10.7. The summed E-state index contributed by atoms with van der Waals surface area (Å²) in [4.78, 5) is 24.2.